The standard InChI is InChI=1S/C5H8N2S4.2HI.V/c8-4-6-1-2-7-5(9)11-3-10-4;;;/h1-3H2,(H,6,8)(H,7,9);2*1H;/q;;;+2/p-2. The molecule has 0 radical (unpaired) electrons. The maximum atomic E-state index is 5.02. The van der Waals surface area contributed by atoms with Crippen LogP contribution < -0.4 is 10.6 Å². The average Bonchev–Trinajstić information content (AvgIpc) is 2.21. The minimum absolute atomic E-state index is 0.628. The molecule has 1 fully saturated rings. The summed E-state index contributed by atoms with van der Waals surface area (Å²) in [4.78, 5) is 0. The predicted molar refractivity (Wildman–Crippen MR) is 89.3 cm³/mol. The van der Waals surface area contributed by atoms with E-state index in [1.807, 2.05) is 0 Å². The van der Waals surface area contributed by atoms with E-state index in [9.17, 15) is 0 Å². The van der Waals surface area contributed by atoms with E-state index in [4.69, 9.17) is 24.4 Å². The van der Waals surface area contributed by atoms with E-state index in [2.05, 4.69) is 50.6 Å². The normalized spacial score (nSPS) is 17.3. The third-order valence-electron chi connectivity index (χ3n) is 1.04. The number of thiocarbonyl (C=S) groups is 2. The molecule has 9 heteroatoms. The molecule has 0 unspecified atom stereocenters. The fraction of sp³-hybridized carbons (Fsp3) is 0.600. The van der Waals surface area contributed by atoms with Crippen molar-refractivity contribution in [1.82, 2.24) is 10.6 Å². The first-order valence-corrected chi connectivity index (χ1v) is 15.2. The van der Waals surface area contributed by atoms with Gasteiger partial charge in [-0.1, -0.05) is 48.0 Å². The average molecular weight is 529 g/mol. The topological polar surface area (TPSA) is 24.1 Å². The van der Waals surface area contributed by atoms with E-state index in [1.54, 1.807) is 23.5 Å². The van der Waals surface area contributed by atoms with Gasteiger partial charge in [-0.3, -0.25) is 0 Å². The fourth-order valence-corrected chi connectivity index (χ4v) is 3.14. The summed E-state index contributed by atoms with van der Waals surface area (Å²) >= 11 is 18.0. The molecule has 0 atom stereocenters. The minimum atomic E-state index is 0.628. The monoisotopic (exact) mass is 529 g/mol. The van der Waals surface area contributed by atoms with Gasteiger partial charge in [0.15, 0.2) is 0 Å². The van der Waals surface area contributed by atoms with Crippen LogP contribution in [0.5, 0.6) is 0 Å². The quantitative estimate of drug-likeness (QED) is 0.370. The van der Waals surface area contributed by atoms with Crippen LogP contribution in [-0.2, 0) is 9.47 Å². The zero-order valence-electron chi connectivity index (χ0n) is 6.96. The summed E-state index contributed by atoms with van der Waals surface area (Å²) in [6.07, 6.45) is 0. The van der Waals surface area contributed by atoms with Crippen LogP contribution >= 0.6 is 87.9 Å². The number of nitrogens with one attached hydrogen (secondary N) is 2. The van der Waals surface area contributed by atoms with Gasteiger partial charge >= 0.3 is 49.4 Å². The summed E-state index contributed by atoms with van der Waals surface area (Å²) in [5, 5.41) is 7.11. The van der Waals surface area contributed by atoms with Crippen molar-refractivity contribution in [2.45, 2.75) is 0 Å². The zero-order chi connectivity index (χ0) is 10.8. The van der Waals surface area contributed by atoms with Gasteiger partial charge in [0.2, 0.25) is 0 Å². The van der Waals surface area contributed by atoms with Gasteiger partial charge in [-0.15, -0.1) is 0 Å². The summed E-state index contributed by atoms with van der Waals surface area (Å²) in [5.74, 6) is 0. The predicted octanol–water partition coefficient (Wildman–Crippen LogP) is 2.94. The van der Waals surface area contributed by atoms with Crippen molar-refractivity contribution >= 4 is 96.6 Å². The van der Waals surface area contributed by atoms with Crippen LogP contribution in [0.2, 0.25) is 0 Å². The van der Waals surface area contributed by atoms with Crippen LogP contribution in [0.4, 0.5) is 0 Å². The third kappa shape index (κ3) is 11.0. The Kier molecular flexibility index (Phi) is 14.2. The molecule has 0 amide bonds. The van der Waals surface area contributed by atoms with Gasteiger partial charge < -0.3 is 10.6 Å². The van der Waals surface area contributed by atoms with Crippen molar-refractivity contribution in [2.75, 3.05) is 18.2 Å². The number of hydrogen-bond donors (Lipinski definition) is 2. The molecule has 1 heterocycles. The molecule has 14 heavy (non-hydrogen) atoms. The Morgan fingerprint density at radius 3 is 1.79 bits per heavy atom. The molecule has 2 nitrogen and oxygen atoms in total. The van der Waals surface area contributed by atoms with Crippen LogP contribution in [0.1, 0.15) is 0 Å². The Hall–Kier alpha value is 2.52. The Morgan fingerprint density at radius 1 is 1.07 bits per heavy atom. The first-order chi connectivity index (χ1) is 6.70. The second-order valence-corrected chi connectivity index (χ2v) is 17.4. The Balaban J connectivity index is 0.000000500. The molecule has 2 N–H and O–H groups in total. The van der Waals surface area contributed by atoms with Crippen LogP contribution in [-0.4, -0.2) is 26.8 Å². The second kappa shape index (κ2) is 12.0. The molecule has 1 saturated heterocycles. The van der Waals surface area contributed by atoms with Gasteiger partial charge in [0.1, 0.15) is 8.64 Å². The van der Waals surface area contributed by atoms with Crippen molar-refractivity contribution < 1.29 is 9.47 Å². The summed E-state index contributed by atoms with van der Waals surface area (Å²) in [6, 6.07) is 0. The van der Waals surface area contributed by atoms with Gasteiger partial charge in [0.25, 0.3) is 0 Å². The molecule has 0 bridgehead atoms. The van der Waals surface area contributed by atoms with Crippen LogP contribution in [0.3, 0.4) is 0 Å². The van der Waals surface area contributed by atoms with Crippen molar-refractivity contribution in [3.8, 4) is 0 Å². The number of rotatable bonds is 0. The number of halogens is 2. The first kappa shape index (κ1) is 16.5. The third-order valence-corrected chi connectivity index (χ3v) is 3.80. The Bertz CT molecular complexity index is 177. The Morgan fingerprint density at radius 2 is 1.43 bits per heavy atom. The van der Waals surface area contributed by atoms with Crippen molar-refractivity contribution in [3.63, 3.8) is 0 Å². The van der Waals surface area contributed by atoms with Gasteiger partial charge in [0, 0.05) is 13.1 Å². The molecule has 0 spiro atoms. The van der Waals surface area contributed by atoms with E-state index < -0.39 is 0 Å². The molecule has 0 aromatic carbocycles. The van der Waals surface area contributed by atoms with Crippen molar-refractivity contribution in [3.05, 3.63) is 0 Å². The fourth-order valence-electron chi connectivity index (χ4n) is 0.568. The molecular formula is C5H8I2N2S4V. The van der Waals surface area contributed by atoms with Gasteiger partial charge in [-0.2, -0.15) is 0 Å². The van der Waals surface area contributed by atoms with Gasteiger partial charge in [-0.25, -0.2) is 0 Å². The molecular weight excluding hydrogens is 521 g/mol. The zero-order valence-corrected chi connectivity index (χ0v) is 15.9. The molecule has 0 aliphatic carbocycles. The molecule has 0 aromatic rings. The molecule has 1 aliphatic rings. The van der Waals surface area contributed by atoms with Crippen LogP contribution in [0, 0.1) is 0 Å². The second-order valence-electron chi connectivity index (χ2n) is 1.90. The van der Waals surface area contributed by atoms with Crippen molar-refractivity contribution in [2.24, 2.45) is 0 Å². The summed E-state index contributed by atoms with van der Waals surface area (Å²) in [7, 11) is 0.628. The van der Waals surface area contributed by atoms with Gasteiger partial charge in [-0.05, 0) is 0 Å². The van der Waals surface area contributed by atoms with E-state index >= 15 is 0 Å². The molecule has 0 saturated carbocycles. The molecule has 0 aromatic heterocycles. The summed E-state index contributed by atoms with van der Waals surface area (Å²) in [5.41, 5.74) is 0. The Labute approximate surface area is 132 Å². The molecule has 1 rings (SSSR count). The number of thioether (sulfide) groups is 2. The molecule has 81 valence electrons. The van der Waals surface area contributed by atoms with E-state index in [-0.39, 0.29) is 0 Å². The van der Waals surface area contributed by atoms with E-state index in [1.165, 1.54) is 0 Å². The van der Waals surface area contributed by atoms with Gasteiger partial charge in [0.05, 0.1) is 5.08 Å². The number of hydrogen-bond acceptors (Lipinski definition) is 4. The van der Waals surface area contributed by atoms with Crippen molar-refractivity contribution in [1.29, 1.82) is 0 Å². The summed E-state index contributed by atoms with van der Waals surface area (Å²) < 4.78 is 1.73. The van der Waals surface area contributed by atoms with E-state index in [0.29, 0.717) is 9.47 Å². The first-order valence-electron chi connectivity index (χ1n) is 3.44. The van der Waals surface area contributed by atoms with E-state index in [0.717, 1.165) is 26.8 Å². The van der Waals surface area contributed by atoms with Crippen LogP contribution in [0.15, 0.2) is 0 Å². The SMILES string of the molecule is S=C1NCCNC(=S)SCS1.[I][V][I]. The molecule has 1 aliphatic heterocycles. The maximum absolute atomic E-state index is 5.02. The van der Waals surface area contributed by atoms with Crippen LogP contribution in [0.25, 0.3) is 0 Å². The summed E-state index contributed by atoms with van der Waals surface area (Å²) in [6.45, 7) is 1.71.